The topological polar surface area (TPSA) is 89.9 Å². The van der Waals surface area contributed by atoms with Gasteiger partial charge in [-0.1, -0.05) is 55.4 Å². The first kappa shape index (κ1) is 24.1. The third kappa shape index (κ3) is 4.30. The van der Waals surface area contributed by atoms with E-state index in [0.717, 1.165) is 32.1 Å². The van der Waals surface area contributed by atoms with Crippen molar-refractivity contribution in [3.8, 4) is 0 Å². The van der Waals surface area contributed by atoms with Crippen LogP contribution in [0.4, 0.5) is 4.39 Å². The zero-order valence-electron chi connectivity index (χ0n) is 18.3. The van der Waals surface area contributed by atoms with Crippen LogP contribution in [0.5, 0.6) is 0 Å². The number of hydrogen-bond acceptors (Lipinski definition) is 4. The van der Waals surface area contributed by atoms with Gasteiger partial charge in [-0.2, -0.15) is 12.8 Å². The van der Waals surface area contributed by atoms with Gasteiger partial charge in [0.05, 0.1) is 16.2 Å². The van der Waals surface area contributed by atoms with Gasteiger partial charge in [-0.3, -0.25) is 4.79 Å². The Hall–Kier alpha value is -2.00. The summed E-state index contributed by atoms with van der Waals surface area (Å²) in [6.45, 7) is 0.150. The Morgan fingerprint density at radius 1 is 1.03 bits per heavy atom. The van der Waals surface area contributed by atoms with Crippen molar-refractivity contribution in [1.82, 2.24) is 4.90 Å². The van der Waals surface area contributed by atoms with Gasteiger partial charge in [0.25, 0.3) is 15.9 Å². The fourth-order valence-corrected chi connectivity index (χ4v) is 6.27. The summed E-state index contributed by atoms with van der Waals surface area (Å²) in [6.07, 6.45) is 4.73. The van der Waals surface area contributed by atoms with Crippen molar-refractivity contribution in [2.75, 3.05) is 0 Å². The maximum Gasteiger partial charge on any atom is 1.00 e. The number of rotatable bonds is 4. The summed E-state index contributed by atoms with van der Waals surface area (Å²) in [5.74, 6) is -1.25. The van der Waals surface area contributed by atoms with Crippen LogP contribution in [0.2, 0.25) is 0 Å². The molecule has 166 valence electrons. The molecule has 1 saturated carbocycles. The molecule has 2 aromatic carbocycles. The molecule has 2 aliphatic heterocycles. The summed E-state index contributed by atoms with van der Waals surface area (Å²) < 4.78 is 42.3. The molecule has 1 atom stereocenters. The maximum absolute atomic E-state index is 13.6. The molecule has 0 spiro atoms. The van der Waals surface area contributed by atoms with Gasteiger partial charge in [0, 0.05) is 18.2 Å². The van der Waals surface area contributed by atoms with Crippen molar-refractivity contribution < 1.29 is 52.3 Å². The van der Waals surface area contributed by atoms with Gasteiger partial charge in [-0.15, -0.1) is 0 Å². The molecule has 0 aromatic heterocycles. The first-order valence-electron chi connectivity index (χ1n) is 10.8. The summed E-state index contributed by atoms with van der Waals surface area (Å²) in [6, 6.07) is 11.4. The van der Waals surface area contributed by atoms with Crippen LogP contribution in [-0.2, 0) is 21.4 Å². The normalized spacial score (nSPS) is 22.2. The number of fused-ring (bicyclic) bond motifs is 1. The number of carbonyl (C=O) groups excluding carboxylic acids is 1. The van der Waals surface area contributed by atoms with E-state index in [-0.39, 0.29) is 75.3 Å². The van der Waals surface area contributed by atoms with Crippen LogP contribution < -0.4 is 34.7 Å². The molecular formula is C24H22FN2NaO4S. The molecule has 0 bridgehead atoms. The second-order valence-electron chi connectivity index (χ2n) is 8.55. The van der Waals surface area contributed by atoms with Crippen LogP contribution in [0.15, 0.2) is 69.2 Å². The van der Waals surface area contributed by atoms with Crippen molar-refractivity contribution in [3.05, 3.63) is 76.8 Å². The zero-order valence-corrected chi connectivity index (χ0v) is 21.1. The van der Waals surface area contributed by atoms with E-state index in [1.807, 2.05) is 0 Å². The van der Waals surface area contributed by atoms with Gasteiger partial charge in [-0.05, 0) is 42.5 Å². The summed E-state index contributed by atoms with van der Waals surface area (Å²) in [5.41, 5.74) is 0.778. The Morgan fingerprint density at radius 3 is 2.39 bits per heavy atom. The smallest absolute Gasteiger partial charge is 0.873 e. The average Bonchev–Trinajstić information content (AvgIpc) is 3.19. The predicted molar refractivity (Wildman–Crippen MR) is 115 cm³/mol. The third-order valence-electron chi connectivity index (χ3n) is 6.56. The van der Waals surface area contributed by atoms with Crippen molar-refractivity contribution in [3.63, 3.8) is 0 Å². The number of sulfonamides is 1. The van der Waals surface area contributed by atoms with Gasteiger partial charge in [0.1, 0.15) is 5.82 Å². The molecular weight excluding hydrogens is 454 g/mol. The molecule has 1 amide bonds. The third-order valence-corrected chi connectivity index (χ3v) is 7.89. The molecule has 2 heterocycles. The van der Waals surface area contributed by atoms with Crippen LogP contribution in [0.25, 0.3) is 0 Å². The molecule has 33 heavy (non-hydrogen) atoms. The summed E-state index contributed by atoms with van der Waals surface area (Å²) in [4.78, 5) is 15.1. The summed E-state index contributed by atoms with van der Waals surface area (Å²) in [7, 11) is -3.96. The van der Waals surface area contributed by atoms with E-state index < -0.39 is 22.0 Å². The van der Waals surface area contributed by atoms with Crippen molar-refractivity contribution in [1.29, 1.82) is 0 Å². The molecule has 0 saturated heterocycles. The zero-order chi connectivity index (χ0) is 22.5. The standard InChI is InChI=1S/C24H23FN2O4S.Na/c25-17-12-10-15(11-13-17)14-27-22(16-6-2-1-3-7-16)23(28)20(24(27)29)21-18-8-4-5-9-19(18)32(30,31)26-21;/h4-5,8-13,16,22,28H,1-3,6-7,14H2;/q;+1/p-1/t22-;/m0./s1. The van der Waals surface area contributed by atoms with Crippen molar-refractivity contribution in [2.45, 2.75) is 49.6 Å². The molecule has 3 aliphatic rings. The van der Waals surface area contributed by atoms with Crippen LogP contribution in [0, 0.1) is 11.7 Å². The molecule has 0 unspecified atom stereocenters. The van der Waals surface area contributed by atoms with Crippen molar-refractivity contribution >= 4 is 21.6 Å². The van der Waals surface area contributed by atoms with Gasteiger partial charge >= 0.3 is 29.6 Å². The Bertz CT molecular complexity index is 1250. The van der Waals surface area contributed by atoms with E-state index in [2.05, 4.69) is 4.40 Å². The van der Waals surface area contributed by atoms with Gasteiger partial charge in [-0.25, -0.2) is 4.39 Å². The predicted octanol–water partition coefficient (Wildman–Crippen LogP) is -0.0732. The van der Waals surface area contributed by atoms with E-state index >= 15 is 0 Å². The van der Waals surface area contributed by atoms with E-state index in [1.165, 1.54) is 23.1 Å². The first-order chi connectivity index (χ1) is 15.4. The second kappa shape index (κ2) is 9.33. The van der Waals surface area contributed by atoms with Gasteiger partial charge in [0.15, 0.2) is 0 Å². The SMILES string of the molecule is O=C1C(C2=NS(=O)(=O)c3ccccc32)=C([O-])[C@H](C2CCCCC2)N1Cc1ccc(F)cc1.[Na+]. The largest absolute Gasteiger partial charge is 1.00 e. The van der Waals surface area contributed by atoms with E-state index in [9.17, 15) is 22.7 Å². The van der Waals surface area contributed by atoms with Crippen molar-refractivity contribution in [2.24, 2.45) is 10.3 Å². The average molecular weight is 477 g/mol. The Kier molecular flexibility index (Phi) is 6.82. The number of halogens is 1. The fourth-order valence-electron chi connectivity index (χ4n) is 5.04. The number of nitrogens with zero attached hydrogens (tertiary/aromatic N) is 2. The monoisotopic (exact) mass is 476 g/mol. The number of hydrogen-bond donors (Lipinski definition) is 0. The number of benzene rings is 2. The second-order valence-corrected chi connectivity index (χ2v) is 10.1. The van der Waals surface area contributed by atoms with E-state index in [4.69, 9.17) is 0 Å². The molecule has 0 N–H and O–H groups in total. The minimum Gasteiger partial charge on any atom is -0.873 e. The molecule has 0 radical (unpaired) electrons. The number of amides is 1. The van der Waals surface area contributed by atoms with E-state index in [1.54, 1.807) is 30.3 Å². The minimum absolute atomic E-state index is 0. The summed E-state index contributed by atoms with van der Waals surface area (Å²) >= 11 is 0. The molecule has 6 nitrogen and oxygen atoms in total. The Balaban J connectivity index is 0.00000259. The minimum atomic E-state index is -3.96. The van der Waals surface area contributed by atoms with Crippen LogP contribution in [0.1, 0.15) is 43.2 Å². The van der Waals surface area contributed by atoms with Gasteiger partial charge in [0.2, 0.25) is 0 Å². The first-order valence-corrected chi connectivity index (χ1v) is 12.2. The summed E-state index contributed by atoms with van der Waals surface area (Å²) in [5, 5.41) is 13.6. The Labute approximate surface area is 214 Å². The fraction of sp³-hybridized carbons (Fsp3) is 0.333. The molecule has 9 heteroatoms. The Morgan fingerprint density at radius 2 is 1.70 bits per heavy atom. The molecule has 5 rings (SSSR count). The molecule has 1 fully saturated rings. The van der Waals surface area contributed by atoms with Crippen LogP contribution in [0.3, 0.4) is 0 Å². The van der Waals surface area contributed by atoms with Gasteiger partial charge < -0.3 is 10.0 Å². The van der Waals surface area contributed by atoms with Crippen LogP contribution >= 0.6 is 0 Å². The quantitative estimate of drug-likeness (QED) is 0.578. The molecule has 1 aliphatic carbocycles. The van der Waals surface area contributed by atoms with Crippen LogP contribution in [-0.4, -0.2) is 31.0 Å². The number of carbonyl (C=O) groups is 1. The maximum atomic E-state index is 13.6. The van der Waals surface area contributed by atoms with E-state index in [0.29, 0.717) is 5.56 Å². The molecule has 2 aromatic rings.